The van der Waals surface area contributed by atoms with E-state index in [1.807, 2.05) is 13.8 Å². The molecule has 5 nitrogen and oxygen atoms in total. The molecule has 0 aliphatic carbocycles. The summed E-state index contributed by atoms with van der Waals surface area (Å²) in [5.74, 6) is -0.728. The Kier molecular flexibility index (Phi) is 4.51. The average Bonchev–Trinajstić information content (AvgIpc) is 2.27. The van der Waals surface area contributed by atoms with Gasteiger partial charge in [-0.05, 0) is 30.2 Å². The summed E-state index contributed by atoms with van der Waals surface area (Å²) in [4.78, 5) is 21.9. The van der Waals surface area contributed by atoms with Crippen molar-refractivity contribution in [3.05, 3.63) is 29.8 Å². The van der Waals surface area contributed by atoms with Crippen LogP contribution in [0.2, 0.25) is 0 Å². The molecule has 2 N–H and O–H groups in total. The summed E-state index contributed by atoms with van der Waals surface area (Å²) >= 11 is 0. The molecule has 0 aliphatic heterocycles. The molecule has 92 valence electrons. The van der Waals surface area contributed by atoms with Crippen molar-refractivity contribution in [2.45, 2.75) is 13.8 Å². The number of ether oxygens (including phenoxy) is 1. The highest BCUT2D eigenvalue weighted by atomic mass is 16.5. The molecule has 0 saturated carbocycles. The van der Waals surface area contributed by atoms with Crippen molar-refractivity contribution >= 4 is 17.7 Å². The Balaban J connectivity index is 2.51. The van der Waals surface area contributed by atoms with E-state index in [1.54, 1.807) is 0 Å². The lowest BCUT2D eigenvalue weighted by Crippen LogP contribution is -2.16. The summed E-state index contributed by atoms with van der Waals surface area (Å²) in [7, 11) is 0. The van der Waals surface area contributed by atoms with Gasteiger partial charge in [-0.15, -0.1) is 0 Å². The quantitative estimate of drug-likeness (QED) is 0.843. The summed E-state index contributed by atoms with van der Waals surface area (Å²) < 4.78 is 4.92. The van der Waals surface area contributed by atoms with Crippen LogP contribution in [0.15, 0.2) is 24.3 Å². The van der Waals surface area contributed by atoms with Crippen LogP contribution in [0.25, 0.3) is 0 Å². The zero-order chi connectivity index (χ0) is 12.8. The molecule has 0 radical (unpaired) electrons. The minimum absolute atomic E-state index is 0.172. The summed E-state index contributed by atoms with van der Waals surface area (Å²) in [5.41, 5.74) is 0.676. The number of hydrogen-bond donors (Lipinski definition) is 2. The van der Waals surface area contributed by atoms with Crippen LogP contribution in [0.1, 0.15) is 24.2 Å². The maximum Gasteiger partial charge on any atom is 0.411 e. The number of aromatic carboxylic acids is 1. The standard InChI is InChI=1S/C12H15NO4/c1-8(2)7-17-12(16)13-10-5-3-9(4-6-10)11(14)15/h3-6,8H,7H2,1-2H3,(H,13,16)(H,14,15). The number of anilines is 1. The summed E-state index contributed by atoms with van der Waals surface area (Å²) in [6.45, 7) is 4.23. The molecule has 0 spiro atoms. The first-order valence-electron chi connectivity index (χ1n) is 5.26. The fraction of sp³-hybridized carbons (Fsp3) is 0.333. The summed E-state index contributed by atoms with van der Waals surface area (Å²) in [6.07, 6.45) is -0.540. The normalized spacial score (nSPS) is 10.1. The molecular weight excluding hydrogens is 222 g/mol. The second-order valence-electron chi connectivity index (χ2n) is 4.00. The van der Waals surface area contributed by atoms with E-state index in [9.17, 15) is 9.59 Å². The van der Waals surface area contributed by atoms with E-state index in [1.165, 1.54) is 24.3 Å². The van der Waals surface area contributed by atoms with E-state index in [2.05, 4.69) is 5.32 Å². The van der Waals surface area contributed by atoms with Gasteiger partial charge in [0, 0.05) is 5.69 Å². The van der Waals surface area contributed by atoms with Gasteiger partial charge in [0.2, 0.25) is 0 Å². The van der Waals surface area contributed by atoms with Crippen molar-refractivity contribution in [1.82, 2.24) is 0 Å². The van der Waals surface area contributed by atoms with Crippen LogP contribution in [0.3, 0.4) is 0 Å². The monoisotopic (exact) mass is 237 g/mol. The van der Waals surface area contributed by atoms with Gasteiger partial charge in [-0.25, -0.2) is 9.59 Å². The SMILES string of the molecule is CC(C)COC(=O)Nc1ccc(C(=O)O)cc1. The topological polar surface area (TPSA) is 75.6 Å². The van der Waals surface area contributed by atoms with Gasteiger partial charge in [0.05, 0.1) is 12.2 Å². The van der Waals surface area contributed by atoms with Gasteiger partial charge in [-0.1, -0.05) is 13.8 Å². The lowest BCUT2D eigenvalue weighted by molar-refractivity contribution is 0.0697. The predicted molar refractivity (Wildman–Crippen MR) is 63.2 cm³/mol. The number of rotatable bonds is 4. The first kappa shape index (κ1) is 13.0. The Morgan fingerprint density at radius 3 is 2.35 bits per heavy atom. The van der Waals surface area contributed by atoms with Crippen LogP contribution >= 0.6 is 0 Å². The van der Waals surface area contributed by atoms with Crippen molar-refractivity contribution in [2.75, 3.05) is 11.9 Å². The molecule has 1 aromatic carbocycles. The van der Waals surface area contributed by atoms with Gasteiger partial charge < -0.3 is 9.84 Å². The van der Waals surface area contributed by atoms with Gasteiger partial charge in [0.15, 0.2) is 0 Å². The van der Waals surface area contributed by atoms with Crippen LogP contribution in [0.5, 0.6) is 0 Å². The van der Waals surface area contributed by atoms with Crippen LogP contribution in [0, 0.1) is 5.92 Å². The highest BCUT2D eigenvalue weighted by Gasteiger charge is 2.06. The molecule has 1 rings (SSSR count). The molecule has 0 atom stereocenters. The van der Waals surface area contributed by atoms with E-state index >= 15 is 0 Å². The molecule has 0 unspecified atom stereocenters. The second-order valence-corrected chi connectivity index (χ2v) is 4.00. The molecule has 0 aromatic heterocycles. The van der Waals surface area contributed by atoms with Crippen LogP contribution in [-0.2, 0) is 4.74 Å². The third-order valence-corrected chi connectivity index (χ3v) is 1.93. The fourth-order valence-electron chi connectivity index (χ4n) is 1.09. The third kappa shape index (κ3) is 4.55. The Bertz CT molecular complexity index is 397. The minimum Gasteiger partial charge on any atom is -0.478 e. The van der Waals surface area contributed by atoms with Crippen LogP contribution < -0.4 is 5.32 Å². The highest BCUT2D eigenvalue weighted by molar-refractivity contribution is 5.89. The van der Waals surface area contributed by atoms with Crippen LogP contribution in [0.4, 0.5) is 10.5 Å². The van der Waals surface area contributed by atoms with Gasteiger partial charge in [-0.3, -0.25) is 5.32 Å². The number of hydrogen-bond acceptors (Lipinski definition) is 3. The van der Waals surface area contributed by atoms with Crippen molar-refractivity contribution in [3.63, 3.8) is 0 Å². The number of carbonyl (C=O) groups excluding carboxylic acids is 1. The molecular formula is C12H15NO4. The molecule has 0 fully saturated rings. The molecule has 0 bridgehead atoms. The number of benzene rings is 1. The zero-order valence-corrected chi connectivity index (χ0v) is 9.77. The zero-order valence-electron chi connectivity index (χ0n) is 9.77. The highest BCUT2D eigenvalue weighted by Crippen LogP contribution is 2.10. The number of carbonyl (C=O) groups is 2. The smallest absolute Gasteiger partial charge is 0.411 e. The molecule has 5 heteroatoms. The molecule has 0 saturated heterocycles. The third-order valence-electron chi connectivity index (χ3n) is 1.93. The molecule has 17 heavy (non-hydrogen) atoms. The minimum atomic E-state index is -1.00. The van der Waals surface area contributed by atoms with Gasteiger partial charge >= 0.3 is 12.1 Å². The van der Waals surface area contributed by atoms with Crippen molar-refractivity contribution in [1.29, 1.82) is 0 Å². The molecule has 0 heterocycles. The van der Waals surface area contributed by atoms with Crippen molar-refractivity contribution in [3.8, 4) is 0 Å². The number of carboxylic acid groups (broad SMARTS) is 1. The lowest BCUT2D eigenvalue weighted by Gasteiger charge is -2.08. The van der Waals surface area contributed by atoms with E-state index < -0.39 is 12.1 Å². The summed E-state index contributed by atoms with van der Waals surface area (Å²) in [6, 6.07) is 5.86. The number of nitrogens with one attached hydrogen (secondary N) is 1. The van der Waals surface area contributed by atoms with Gasteiger partial charge in [0.25, 0.3) is 0 Å². The van der Waals surface area contributed by atoms with E-state index in [4.69, 9.17) is 9.84 Å². The predicted octanol–water partition coefficient (Wildman–Crippen LogP) is 2.59. The van der Waals surface area contributed by atoms with Gasteiger partial charge in [-0.2, -0.15) is 0 Å². The maximum absolute atomic E-state index is 11.3. The van der Waals surface area contributed by atoms with Crippen LogP contribution in [-0.4, -0.2) is 23.8 Å². The van der Waals surface area contributed by atoms with E-state index in [0.29, 0.717) is 12.3 Å². The summed E-state index contributed by atoms with van der Waals surface area (Å²) in [5, 5.41) is 11.2. The number of carboxylic acids is 1. The Morgan fingerprint density at radius 1 is 1.29 bits per heavy atom. The van der Waals surface area contributed by atoms with Gasteiger partial charge in [0.1, 0.15) is 0 Å². The first-order chi connectivity index (χ1) is 7.99. The molecule has 1 aromatic rings. The number of amides is 1. The van der Waals surface area contributed by atoms with E-state index in [-0.39, 0.29) is 11.5 Å². The lowest BCUT2D eigenvalue weighted by atomic mass is 10.2. The first-order valence-corrected chi connectivity index (χ1v) is 5.26. The molecule has 1 amide bonds. The van der Waals surface area contributed by atoms with Crippen molar-refractivity contribution < 1.29 is 19.4 Å². The largest absolute Gasteiger partial charge is 0.478 e. The maximum atomic E-state index is 11.3. The Labute approximate surface area is 99.4 Å². The fourth-order valence-corrected chi connectivity index (χ4v) is 1.09. The van der Waals surface area contributed by atoms with Crippen molar-refractivity contribution in [2.24, 2.45) is 5.92 Å². The Morgan fingerprint density at radius 2 is 1.88 bits per heavy atom. The molecule has 0 aliphatic rings. The average molecular weight is 237 g/mol. The Hall–Kier alpha value is -2.04. The van der Waals surface area contributed by atoms with E-state index in [0.717, 1.165) is 0 Å². The second kappa shape index (κ2) is 5.89.